The summed E-state index contributed by atoms with van der Waals surface area (Å²) >= 11 is 0. The standard InChI is InChI=1S/C14H16N3O2/c1-10-8-15-14-12(6-7-17(18)19)11-4-2-3-5-13(11)16(14)9-10/h2-7,10,15,18H,8-9H2,1H3/q-1/t10-/m1/s1. The summed E-state index contributed by atoms with van der Waals surface area (Å²) in [6, 6.07) is 8.08. The van der Waals surface area contributed by atoms with Gasteiger partial charge in [-0.3, -0.25) is 5.21 Å². The van der Waals surface area contributed by atoms with Crippen molar-refractivity contribution < 1.29 is 5.21 Å². The van der Waals surface area contributed by atoms with Crippen LogP contribution >= 0.6 is 0 Å². The lowest BCUT2D eigenvalue weighted by Gasteiger charge is -2.24. The molecular formula is C14H16N3O2-. The predicted molar refractivity (Wildman–Crippen MR) is 75.6 cm³/mol. The summed E-state index contributed by atoms with van der Waals surface area (Å²) in [5, 5.41) is 23.7. The summed E-state index contributed by atoms with van der Waals surface area (Å²) in [7, 11) is 0. The summed E-state index contributed by atoms with van der Waals surface area (Å²) in [6.45, 7) is 4.07. The summed E-state index contributed by atoms with van der Waals surface area (Å²) < 4.78 is 2.23. The lowest BCUT2D eigenvalue weighted by molar-refractivity contribution is 0.0129. The molecular weight excluding hydrogens is 242 g/mol. The molecule has 1 aliphatic rings. The smallest absolute Gasteiger partial charge is 0.114 e. The summed E-state index contributed by atoms with van der Waals surface area (Å²) in [5.74, 6) is 1.58. The van der Waals surface area contributed by atoms with Crippen molar-refractivity contribution >= 4 is 22.8 Å². The fourth-order valence-electron chi connectivity index (χ4n) is 2.66. The highest BCUT2D eigenvalue weighted by atomic mass is 16.8. The zero-order chi connectivity index (χ0) is 13.4. The molecule has 1 aliphatic heterocycles. The average molecular weight is 258 g/mol. The molecule has 3 rings (SSSR count). The van der Waals surface area contributed by atoms with Gasteiger partial charge in [-0.25, -0.2) is 0 Å². The monoisotopic (exact) mass is 258 g/mol. The molecule has 5 nitrogen and oxygen atoms in total. The van der Waals surface area contributed by atoms with Gasteiger partial charge in [0.25, 0.3) is 0 Å². The predicted octanol–water partition coefficient (Wildman–Crippen LogP) is 2.86. The SMILES string of the molecule is C[C@@H]1CNc2c(C=CN([O-])O)c3ccccc3n2C1. The minimum atomic E-state index is -0.176. The Hall–Kier alpha value is -1.98. The van der Waals surface area contributed by atoms with E-state index in [1.807, 2.05) is 18.2 Å². The van der Waals surface area contributed by atoms with Crippen LogP contribution in [0.4, 0.5) is 5.82 Å². The van der Waals surface area contributed by atoms with Crippen molar-refractivity contribution in [3.05, 3.63) is 41.2 Å². The zero-order valence-corrected chi connectivity index (χ0v) is 10.7. The van der Waals surface area contributed by atoms with Crippen molar-refractivity contribution in [1.82, 2.24) is 9.79 Å². The van der Waals surface area contributed by atoms with Crippen LogP contribution in [0.25, 0.3) is 17.0 Å². The van der Waals surface area contributed by atoms with Crippen molar-refractivity contribution in [1.29, 1.82) is 0 Å². The van der Waals surface area contributed by atoms with Crippen LogP contribution in [0.15, 0.2) is 30.5 Å². The van der Waals surface area contributed by atoms with Crippen LogP contribution in [0.1, 0.15) is 12.5 Å². The second-order valence-corrected chi connectivity index (χ2v) is 4.99. The molecule has 0 aliphatic carbocycles. The van der Waals surface area contributed by atoms with Gasteiger partial charge in [0.15, 0.2) is 0 Å². The number of benzene rings is 1. The molecule has 0 unspecified atom stereocenters. The maximum absolute atomic E-state index is 10.7. The highest BCUT2D eigenvalue weighted by Crippen LogP contribution is 2.34. The molecule has 19 heavy (non-hydrogen) atoms. The third-order valence-corrected chi connectivity index (χ3v) is 3.49. The largest absolute Gasteiger partial charge is 0.734 e. The number of hydroxylamine groups is 2. The number of hydrogen-bond donors (Lipinski definition) is 2. The van der Waals surface area contributed by atoms with Gasteiger partial charge in [-0.2, -0.15) is 0 Å². The molecule has 2 aromatic rings. The van der Waals surface area contributed by atoms with Crippen LogP contribution in [0.3, 0.4) is 0 Å². The maximum Gasteiger partial charge on any atom is 0.114 e. The molecule has 1 atom stereocenters. The molecule has 0 spiro atoms. The maximum atomic E-state index is 10.7. The minimum absolute atomic E-state index is 0.176. The number of rotatable bonds is 2. The quantitative estimate of drug-likeness (QED) is 0.813. The zero-order valence-electron chi connectivity index (χ0n) is 10.7. The number of para-hydroxylation sites is 1. The van der Waals surface area contributed by atoms with E-state index in [9.17, 15) is 5.21 Å². The average Bonchev–Trinajstić information content (AvgIpc) is 2.70. The van der Waals surface area contributed by atoms with E-state index in [1.165, 1.54) is 0 Å². The van der Waals surface area contributed by atoms with Gasteiger partial charge >= 0.3 is 0 Å². The second kappa shape index (κ2) is 4.60. The van der Waals surface area contributed by atoms with E-state index in [0.29, 0.717) is 5.92 Å². The van der Waals surface area contributed by atoms with E-state index >= 15 is 0 Å². The molecule has 0 saturated carbocycles. The number of fused-ring (bicyclic) bond motifs is 3. The third kappa shape index (κ3) is 2.07. The molecule has 0 radical (unpaired) electrons. The number of hydrogen-bond acceptors (Lipinski definition) is 4. The Morgan fingerprint density at radius 2 is 2.26 bits per heavy atom. The molecule has 1 aromatic heterocycles. The fraction of sp³-hybridized carbons (Fsp3) is 0.286. The van der Waals surface area contributed by atoms with Gasteiger partial charge in [0.1, 0.15) is 5.82 Å². The molecule has 2 heterocycles. The number of nitrogens with one attached hydrogen (secondary N) is 1. The van der Waals surface area contributed by atoms with Crippen molar-refractivity contribution in [2.45, 2.75) is 13.5 Å². The van der Waals surface area contributed by atoms with Crippen LogP contribution in [-0.4, -0.2) is 21.5 Å². The van der Waals surface area contributed by atoms with Gasteiger partial charge in [0.05, 0.1) is 5.52 Å². The van der Waals surface area contributed by atoms with Crippen LogP contribution in [0.5, 0.6) is 0 Å². The summed E-state index contributed by atoms with van der Waals surface area (Å²) in [6.07, 6.45) is 2.76. The van der Waals surface area contributed by atoms with Crippen LogP contribution in [-0.2, 0) is 6.54 Å². The molecule has 0 fully saturated rings. The topological polar surface area (TPSA) is 63.5 Å². The van der Waals surface area contributed by atoms with Gasteiger partial charge in [0.2, 0.25) is 0 Å². The fourth-order valence-corrected chi connectivity index (χ4v) is 2.66. The van der Waals surface area contributed by atoms with Crippen LogP contribution in [0.2, 0.25) is 0 Å². The number of aromatic nitrogens is 1. The third-order valence-electron chi connectivity index (χ3n) is 3.49. The molecule has 2 N–H and O–H groups in total. The Kier molecular flexibility index (Phi) is 2.93. The Labute approximate surface area is 111 Å². The summed E-state index contributed by atoms with van der Waals surface area (Å²) in [5.41, 5.74) is 2.09. The van der Waals surface area contributed by atoms with Gasteiger partial charge in [-0.05, 0) is 18.1 Å². The van der Waals surface area contributed by atoms with Crippen molar-refractivity contribution in [3.63, 3.8) is 0 Å². The highest BCUT2D eigenvalue weighted by molar-refractivity contribution is 5.96. The Bertz CT molecular complexity index is 631. The Morgan fingerprint density at radius 3 is 3.05 bits per heavy atom. The second-order valence-electron chi connectivity index (χ2n) is 4.99. The van der Waals surface area contributed by atoms with E-state index in [4.69, 9.17) is 5.21 Å². The van der Waals surface area contributed by atoms with Gasteiger partial charge in [-0.15, -0.1) is 0 Å². The normalized spacial score (nSPS) is 18.6. The molecule has 0 saturated heterocycles. The van der Waals surface area contributed by atoms with Gasteiger partial charge in [0, 0.05) is 30.2 Å². The van der Waals surface area contributed by atoms with Crippen molar-refractivity contribution in [2.75, 3.05) is 11.9 Å². The van der Waals surface area contributed by atoms with Crippen LogP contribution < -0.4 is 5.32 Å². The lowest BCUT2D eigenvalue weighted by Crippen LogP contribution is -2.25. The Balaban J connectivity index is 2.20. The molecule has 0 bridgehead atoms. The first-order valence-corrected chi connectivity index (χ1v) is 6.35. The molecule has 0 amide bonds. The minimum Gasteiger partial charge on any atom is -0.734 e. The molecule has 5 heteroatoms. The van der Waals surface area contributed by atoms with E-state index in [1.54, 1.807) is 6.08 Å². The van der Waals surface area contributed by atoms with E-state index in [0.717, 1.165) is 41.6 Å². The Morgan fingerprint density at radius 1 is 1.47 bits per heavy atom. The summed E-state index contributed by atoms with van der Waals surface area (Å²) in [4.78, 5) is 0. The van der Waals surface area contributed by atoms with Crippen LogP contribution in [0, 0.1) is 11.1 Å². The molecule has 1 aromatic carbocycles. The van der Waals surface area contributed by atoms with E-state index < -0.39 is 0 Å². The molecule has 100 valence electrons. The van der Waals surface area contributed by atoms with E-state index in [-0.39, 0.29) is 5.23 Å². The number of nitrogens with zero attached hydrogens (tertiary/aromatic N) is 2. The first-order chi connectivity index (χ1) is 9.16. The number of anilines is 1. The van der Waals surface area contributed by atoms with Gasteiger partial charge in [-0.1, -0.05) is 25.1 Å². The highest BCUT2D eigenvalue weighted by Gasteiger charge is 2.20. The van der Waals surface area contributed by atoms with E-state index in [2.05, 4.69) is 22.9 Å². The van der Waals surface area contributed by atoms with Crippen molar-refractivity contribution in [2.24, 2.45) is 5.92 Å². The van der Waals surface area contributed by atoms with Gasteiger partial charge < -0.3 is 20.3 Å². The lowest BCUT2D eigenvalue weighted by atomic mass is 10.1. The first kappa shape index (κ1) is 12.1. The first-order valence-electron chi connectivity index (χ1n) is 6.35. The van der Waals surface area contributed by atoms with Crippen molar-refractivity contribution in [3.8, 4) is 0 Å².